The zero-order chi connectivity index (χ0) is 17.8. The number of carbonyl (C=O) groups is 1. The van der Waals surface area contributed by atoms with Gasteiger partial charge in [0.05, 0.1) is 5.69 Å². The first-order chi connectivity index (χ1) is 12.8. The third-order valence-corrected chi connectivity index (χ3v) is 5.14. The van der Waals surface area contributed by atoms with E-state index in [2.05, 4.69) is 40.0 Å². The number of nitrogens with zero attached hydrogens (tertiary/aromatic N) is 2. The SMILES string of the molecule is O=C(NCC1(c2ccccc2)CCC1)Nc1ccn(-c2ccccc2)n1. The Balaban J connectivity index is 1.37. The second kappa shape index (κ2) is 7.04. The fourth-order valence-electron chi connectivity index (χ4n) is 3.49. The number of rotatable bonds is 5. The lowest BCUT2D eigenvalue weighted by molar-refractivity contribution is 0.222. The molecule has 0 unspecified atom stereocenters. The molecule has 26 heavy (non-hydrogen) atoms. The van der Waals surface area contributed by atoms with E-state index in [9.17, 15) is 4.79 Å². The average molecular weight is 346 g/mol. The van der Waals surface area contributed by atoms with Crippen LogP contribution < -0.4 is 10.6 Å². The molecule has 1 fully saturated rings. The van der Waals surface area contributed by atoms with Gasteiger partial charge in [-0.1, -0.05) is 55.0 Å². The Morgan fingerprint density at radius 3 is 2.35 bits per heavy atom. The van der Waals surface area contributed by atoms with Crippen LogP contribution >= 0.6 is 0 Å². The minimum atomic E-state index is -0.217. The number of hydrogen-bond acceptors (Lipinski definition) is 2. The van der Waals surface area contributed by atoms with Crippen molar-refractivity contribution in [3.05, 3.63) is 78.5 Å². The molecule has 3 aromatic rings. The number of carbonyl (C=O) groups excluding carboxylic acids is 1. The summed E-state index contributed by atoms with van der Waals surface area (Å²) in [5.74, 6) is 0.536. The summed E-state index contributed by atoms with van der Waals surface area (Å²) < 4.78 is 1.74. The Morgan fingerprint density at radius 1 is 1.00 bits per heavy atom. The van der Waals surface area contributed by atoms with Crippen LogP contribution in [0.1, 0.15) is 24.8 Å². The molecule has 2 aromatic carbocycles. The topological polar surface area (TPSA) is 59.0 Å². The molecule has 0 aliphatic heterocycles. The quantitative estimate of drug-likeness (QED) is 0.730. The highest BCUT2D eigenvalue weighted by Gasteiger charge is 2.38. The molecule has 0 atom stereocenters. The van der Waals surface area contributed by atoms with Crippen LogP contribution in [0.15, 0.2) is 72.9 Å². The van der Waals surface area contributed by atoms with Gasteiger partial charge in [0.2, 0.25) is 0 Å². The predicted octanol–water partition coefficient (Wildman–Crippen LogP) is 4.12. The predicted molar refractivity (Wildman–Crippen MR) is 103 cm³/mol. The van der Waals surface area contributed by atoms with Gasteiger partial charge in [-0.3, -0.25) is 5.32 Å². The smallest absolute Gasteiger partial charge is 0.320 e. The van der Waals surface area contributed by atoms with Gasteiger partial charge in [-0.25, -0.2) is 9.48 Å². The number of anilines is 1. The normalized spacial score (nSPS) is 15.1. The monoisotopic (exact) mass is 346 g/mol. The van der Waals surface area contributed by atoms with E-state index in [1.54, 1.807) is 10.7 Å². The maximum Gasteiger partial charge on any atom is 0.320 e. The number of hydrogen-bond donors (Lipinski definition) is 2. The summed E-state index contributed by atoms with van der Waals surface area (Å²) in [6.45, 7) is 0.641. The number of urea groups is 1. The summed E-state index contributed by atoms with van der Waals surface area (Å²) in [6.07, 6.45) is 5.27. The summed E-state index contributed by atoms with van der Waals surface area (Å²) in [5, 5.41) is 10.2. The standard InChI is InChI=1S/C21H22N4O/c26-20(22-16-21(13-7-14-21)17-8-3-1-4-9-17)23-19-12-15-25(24-19)18-10-5-2-6-11-18/h1-6,8-12,15H,7,13-14,16H2,(H2,22,23,24,26). The summed E-state index contributed by atoms with van der Waals surface area (Å²) in [6, 6.07) is 21.8. The number of nitrogens with one attached hydrogen (secondary N) is 2. The van der Waals surface area contributed by atoms with E-state index in [1.165, 1.54) is 12.0 Å². The first kappa shape index (κ1) is 16.4. The molecule has 5 heteroatoms. The summed E-state index contributed by atoms with van der Waals surface area (Å²) in [4.78, 5) is 12.3. The molecule has 1 aliphatic carbocycles. The lowest BCUT2D eigenvalue weighted by Gasteiger charge is -2.42. The molecule has 2 amide bonds. The number of para-hydroxylation sites is 1. The first-order valence-electron chi connectivity index (χ1n) is 8.97. The maximum absolute atomic E-state index is 12.3. The first-order valence-corrected chi connectivity index (χ1v) is 8.97. The van der Waals surface area contributed by atoms with E-state index >= 15 is 0 Å². The molecule has 132 valence electrons. The van der Waals surface area contributed by atoms with Crippen LogP contribution in [0.4, 0.5) is 10.6 Å². The summed E-state index contributed by atoms with van der Waals surface area (Å²) in [5.41, 5.74) is 2.33. The highest BCUT2D eigenvalue weighted by atomic mass is 16.2. The number of benzene rings is 2. The van der Waals surface area contributed by atoms with Crippen molar-refractivity contribution in [3.63, 3.8) is 0 Å². The van der Waals surface area contributed by atoms with Crippen LogP contribution in [-0.4, -0.2) is 22.4 Å². The summed E-state index contributed by atoms with van der Waals surface area (Å²) in [7, 11) is 0. The molecule has 1 saturated carbocycles. The van der Waals surface area contributed by atoms with Gasteiger partial charge in [-0.2, -0.15) is 0 Å². The molecule has 0 radical (unpaired) electrons. The van der Waals surface area contributed by atoms with Crippen LogP contribution in [0.2, 0.25) is 0 Å². The van der Waals surface area contributed by atoms with Crippen molar-refractivity contribution < 1.29 is 4.79 Å². The molecule has 0 bridgehead atoms. The van der Waals surface area contributed by atoms with Crippen molar-refractivity contribution >= 4 is 11.8 Å². The van der Waals surface area contributed by atoms with Gasteiger partial charge < -0.3 is 5.32 Å². The molecular formula is C21H22N4O. The third kappa shape index (κ3) is 3.33. The van der Waals surface area contributed by atoms with Crippen molar-refractivity contribution in [3.8, 4) is 5.69 Å². The Labute approximate surface area is 153 Å². The zero-order valence-electron chi connectivity index (χ0n) is 14.6. The molecular weight excluding hydrogens is 324 g/mol. The third-order valence-electron chi connectivity index (χ3n) is 5.14. The van der Waals surface area contributed by atoms with E-state index < -0.39 is 0 Å². The van der Waals surface area contributed by atoms with E-state index in [1.807, 2.05) is 42.6 Å². The average Bonchev–Trinajstić information content (AvgIpc) is 3.11. The highest BCUT2D eigenvalue weighted by Crippen LogP contribution is 2.43. The minimum absolute atomic E-state index is 0.0714. The van der Waals surface area contributed by atoms with E-state index in [0.29, 0.717) is 12.4 Å². The lowest BCUT2D eigenvalue weighted by atomic mass is 9.64. The second-order valence-corrected chi connectivity index (χ2v) is 6.79. The zero-order valence-corrected chi connectivity index (χ0v) is 14.6. The van der Waals surface area contributed by atoms with Gasteiger partial charge in [-0.15, -0.1) is 5.10 Å². The second-order valence-electron chi connectivity index (χ2n) is 6.79. The van der Waals surface area contributed by atoms with E-state index in [-0.39, 0.29) is 11.4 Å². The van der Waals surface area contributed by atoms with Gasteiger partial charge in [0, 0.05) is 24.2 Å². The molecule has 2 N–H and O–H groups in total. The highest BCUT2D eigenvalue weighted by molar-refractivity contribution is 5.88. The van der Waals surface area contributed by atoms with Crippen LogP contribution in [0.25, 0.3) is 5.69 Å². The fraction of sp³-hybridized carbons (Fsp3) is 0.238. The Hall–Kier alpha value is -3.08. The van der Waals surface area contributed by atoms with E-state index in [4.69, 9.17) is 0 Å². The van der Waals surface area contributed by atoms with Gasteiger partial charge in [0.1, 0.15) is 0 Å². The van der Waals surface area contributed by atoms with E-state index in [0.717, 1.165) is 18.5 Å². The summed E-state index contributed by atoms with van der Waals surface area (Å²) >= 11 is 0. The lowest BCUT2D eigenvalue weighted by Crippen LogP contribution is -2.46. The molecule has 0 spiro atoms. The van der Waals surface area contributed by atoms with Crippen LogP contribution in [0.5, 0.6) is 0 Å². The Kier molecular flexibility index (Phi) is 4.44. The molecule has 1 heterocycles. The van der Waals surface area contributed by atoms with Crippen molar-refractivity contribution in [2.45, 2.75) is 24.7 Å². The van der Waals surface area contributed by atoms with Crippen LogP contribution in [0.3, 0.4) is 0 Å². The van der Waals surface area contributed by atoms with Gasteiger partial charge in [-0.05, 0) is 30.5 Å². The van der Waals surface area contributed by atoms with Crippen molar-refractivity contribution in [1.29, 1.82) is 0 Å². The van der Waals surface area contributed by atoms with Crippen LogP contribution in [0, 0.1) is 0 Å². The maximum atomic E-state index is 12.3. The molecule has 1 aliphatic rings. The van der Waals surface area contributed by atoms with Crippen molar-refractivity contribution in [1.82, 2.24) is 15.1 Å². The molecule has 0 saturated heterocycles. The Morgan fingerprint density at radius 2 is 1.69 bits per heavy atom. The van der Waals surface area contributed by atoms with Gasteiger partial charge >= 0.3 is 6.03 Å². The fourth-order valence-corrected chi connectivity index (χ4v) is 3.49. The Bertz CT molecular complexity index is 869. The van der Waals surface area contributed by atoms with Gasteiger partial charge in [0.25, 0.3) is 0 Å². The van der Waals surface area contributed by atoms with Gasteiger partial charge in [0.15, 0.2) is 5.82 Å². The largest absolute Gasteiger partial charge is 0.337 e. The minimum Gasteiger partial charge on any atom is -0.337 e. The van der Waals surface area contributed by atoms with Crippen LogP contribution in [-0.2, 0) is 5.41 Å². The van der Waals surface area contributed by atoms with Crippen molar-refractivity contribution in [2.24, 2.45) is 0 Å². The molecule has 1 aromatic heterocycles. The van der Waals surface area contributed by atoms with Crippen molar-refractivity contribution in [2.75, 3.05) is 11.9 Å². The number of aromatic nitrogens is 2. The molecule has 5 nitrogen and oxygen atoms in total. The number of amides is 2. The molecule has 4 rings (SSSR count).